The molecule has 0 atom stereocenters. The van der Waals surface area contributed by atoms with E-state index in [0.29, 0.717) is 99.2 Å². The van der Waals surface area contributed by atoms with Crippen molar-refractivity contribution in [2.45, 2.75) is 151 Å². The smallest absolute Gasteiger partial charge is 0.408 e. The van der Waals surface area contributed by atoms with Crippen molar-refractivity contribution in [3.05, 3.63) is 416 Å². The van der Waals surface area contributed by atoms with Crippen molar-refractivity contribution >= 4 is 117 Å². The zero-order valence-corrected chi connectivity index (χ0v) is 83.6. The van der Waals surface area contributed by atoms with Gasteiger partial charge in [-0.1, -0.05) is 328 Å². The molecule has 12 aromatic rings. The van der Waals surface area contributed by atoms with Crippen molar-refractivity contribution in [3.8, 4) is 0 Å². The fourth-order valence-corrected chi connectivity index (χ4v) is 13.4. The van der Waals surface area contributed by atoms with Crippen molar-refractivity contribution in [3.63, 3.8) is 0 Å². The number of hydrogen-bond acceptors (Lipinski definition) is 23. The van der Waals surface area contributed by atoms with Gasteiger partial charge in [0.2, 0.25) is 23.3 Å². The second-order valence-corrected chi connectivity index (χ2v) is 34.2. The Balaban J connectivity index is 0.000000283. The Bertz CT molecular complexity index is 6000. The fraction of sp³-hybridized carbons (Fsp3) is 0.248. The van der Waals surface area contributed by atoms with Gasteiger partial charge in [0.25, 0.3) is 5.91 Å². The highest BCUT2D eigenvalue weighted by molar-refractivity contribution is 7.12. The van der Waals surface area contributed by atoms with E-state index in [-0.39, 0.29) is 104 Å². The van der Waals surface area contributed by atoms with Gasteiger partial charge in [-0.05, 0) is 111 Å². The maximum Gasteiger partial charge on any atom is 0.408 e. The molecule has 27 heteroatoms. The van der Waals surface area contributed by atoms with Crippen LogP contribution in [-0.2, 0) is 51.0 Å². The fourth-order valence-electron chi connectivity index (χ4n) is 12.7. The second-order valence-electron chi connectivity index (χ2n) is 33.2. The van der Waals surface area contributed by atoms with Gasteiger partial charge < -0.3 is 40.2 Å². The lowest BCUT2D eigenvalue weighted by atomic mass is 9.91. The normalized spacial score (nSPS) is 10.8. The standard InChI is InChI=1S/C15H12O2.C14H19NO3.C14H10O2.C13H17NO3.C12H14O3.C11H13NO2.C10H11NO2.C10H10O.C9H10O3S.C9H8O/c16-14(12-7-3-1-4-8-12)11-15(17)13-9-5-2-6-10-13;1-14(2,3)18-13(17)15-10-9-12(16)11-7-5-4-6-8-11;15-13(11-7-3-1-4-8-11)14(16)12-9-5-2-6-10-12;1-13(2,3)17-12(16)14-9-11(15)10-7-5-4-6-8-10;1-2-15-12(14)9-8-11(13)10-6-4-3-5-7-10;1-2-12-11(14)8-10(13)9-6-4-3-5-7-9;1-2-11-10(13)9(12)8-6-4-3-5-7-8;11-10-7-3-5-8-4-1-2-6-9(8)10;1-2-12-9(11)6-7(10)8-4-3-5-13-8;10-9-6-5-7-3-1-2-4-8(7)9/h1-10H,11H2;4-8H,9-10H2,1-3H3,(H,15,17);1-10H;4-8H,9H2,1-3H3,(H,14,16);3-7H,2,8-9H2,1H3;3-7H,2,8H2,1H3,(H,12,14);3-7H,2H2,1H3,(H,11,13);1-2,4,6H,3,5,7H2;3-5H,2,6H2,1H3;1-4H,5-6H2. The molecular formula is C117H124N4O22S. The van der Waals surface area contributed by atoms with Gasteiger partial charge in [0.1, 0.15) is 17.6 Å². The molecule has 4 N–H and O–H groups in total. The minimum Gasteiger partial charge on any atom is -0.466 e. The van der Waals surface area contributed by atoms with Crippen LogP contribution in [-0.4, -0.2) is 156 Å². The molecular weight excluding hydrogens is 1850 g/mol. The Kier molecular flexibility index (Phi) is 54.3. The molecule has 1 heterocycles. The monoisotopic (exact) mass is 1970 g/mol. The Labute approximate surface area is 844 Å². The maximum atomic E-state index is 11.8. The zero-order valence-electron chi connectivity index (χ0n) is 82.7. The molecule has 0 fully saturated rings. The molecule has 2 aliphatic rings. The minimum atomic E-state index is -0.582. The lowest BCUT2D eigenvalue weighted by molar-refractivity contribution is -0.143. The first-order valence-corrected chi connectivity index (χ1v) is 47.8. The first-order valence-electron chi connectivity index (χ1n) is 46.9. The third kappa shape index (κ3) is 48.0. The zero-order chi connectivity index (χ0) is 105. The van der Waals surface area contributed by atoms with E-state index >= 15 is 0 Å². The third-order valence-corrected chi connectivity index (χ3v) is 20.5. The number of Topliss-reactive ketones (excluding diaryl/α,β-unsaturated/α-hetero) is 12. The number of amides is 4. The van der Waals surface area contributed by atoms with E-state index in [1.165, 1.54) is 22.5 Å². The van der Waals surface area contributed by atoms with Crippen LogP contribution in [0, 0.1) is 0 Å². The van der Waals surface area contributed by atoms with Crippen molar-refractivity contribution in [2.75, 3.05) is 39.4 Å². The average molecular weight is 1970 g/mol. The summed E-state index contributed by atoms with van der Waals surface area (Å²) in [6.07, 6.45) is 3.72. The van der Waals surface area contributed by atoms with E-state index in [4.69, 9.17) is 14.2 Å². The van der Waals surface area contributed by atoms with Crippen LogP contribution in [0.2, 0.25) is 0 Å². The molecule has 14 rings (SSSR count). The van der Waals surface area contributed by atoms with Crippen LogP contribution in [0.15, 0.2) is 339 Å². The molecule has 0 unspecified atom stereocenters. The van der Waals surface area contributed by atoms with E-state index in [0.717, 1.165) is 36.8 Å². The summed E-state index contributed by atoms with van der Waals surface area (Å²) < 4.78 is 19.5. The highest BCUT2D eigenvalue weighted by Crippen LogP contribution is 2.23. The Morgan fingerprint density at radius 3 is 1.00 bits per heavy atom. The second kappa shape index (κ2) is 66.3. The first-order chi connectivity index (χ1) is 69.0. The van der Waals surface area contributed by atoms with Gasteiger partial charge in [0.05, 0.1) is 43.9 Å². The summed E-state index contributed by atoms with van der Waals surface area (Å²) in [4.78, 5) is 206. The van der Waals surface area contributed by atoms with Crippen molar-refractivity contribution < 1.29 is 105 Å². The lowest BCUT2D eigenvalue weighted by Gasteiger charge is -2.19. The van der Waals surface area contributed by atoms with Crippen LogP contribution in [0.1, 0.15) is 262 Å². The van der Waals surface area contributed by atoms with E-state index in [9.17, 15) is 86.3 Å². The van der Waals surface area contributed by atoms with Crippen LogP contribution >= 0.6 is 11.3 Å². The molecule has 26 nitrogen and oxygen atoms in total. The molecule has 750 valence electrons. The number of aryl methyl sites for hydroxylation is 2. The molecule has 0 bridgehead atoms. The van der Waals surface area contributed by atoms with Gasteiger partial charge in [-0.2, -0.15) is 0 Å². The number of hydrogen-bond donors (Lipinski definition) is 4. The Hall–Kier alpha value is -16.4. The number of alkyl carbamates (subject to hydrolysis) is 2. The first kappa shape index (κ1) is 118. The summed E-state index contributed by atoms with van der Waals surface area (Å²) in [6.45, 7) is 19.7. The van der Waals surface area contributed by atoms with Crippen LogP contribution in [0.25, 0.3) is 0 Å². The Morgan fingerprint density at radius 1 is 0.292 bits per heavy atom. The third-order valence-electron chi connectivity index (χ3n) is 19.6. The van der Waals surface area contributed by atoms with Gasteiger partial charge in [-0.25, -0.2) is 9.59 Å². The molecule has 11 aromatic carbocycles. The average Bonchev–Trinajstić information content (AvgIpc) is 1.64. The molecule has 0 radical (unpaired) electrons. The van der Waals surface area contributed by atoms with Crippen LogP contribution in [0.3, 0.4) is 0 Å². The summed E-state index contributed by atoms with van der Waals surface area (Å²) in [5.41, 5.74) is 8.13. The quantitative estimate of drug-likeness (QED) is 0.0107. The van der Waals surface area contributed by atoms with E-state index in [2.05, 4.69) is 26.0 Å². The van der Waals surface area contributed by atoms with E-state index in [1.807, 2.05) is 116 Å². The van der Waals surface area contributed by atoms with Crippen LogP contribution in [0.4, 0.5) is 9.59 Å². The van der Waals surface area contributed by atoms with Crippen molar-refractivity contribution in [2.24, 2.45) is 0 Å². The number of carbonyl (C=O) groups excluding carboxylic acids is 18. The number of rotatable bonds is 30. The number of ether oxygens (including phenoxy) is 4. The van der Waals surface area contributed by atoms with Crippen molar-refractivity contribution in [1.29, 1.82) is 0 Å². The summed E-state index contributed by atoms with van der Waals surface area (Å²) in [5, 5.41) is 11.8. The summed E-state index contributed by atoms with van der Waals surface area (Å²) in [5.74, 6) is -3.10. The molecule has 0 saturated carbocycles. The number of benzene rings is 11. The van der Waals surface area contributed by atoms with Gasteiger partial charge in [-0.3, -0.25) is 76.7 Å². The number of likely N-dealkylation sites (N-methyl/N-ethyl adjacent to an activating group) is 1. The SMILES string of the molecule is CC(C)(C)OC(=O)NCC(=O)c1ccccc1.CC(C)(C)OC(=O)NCCC(=O)c1ccccc1.CCNC(=O)C(=O)c1ccccc1.CCNC(=O)CC(=O)c1ccccc1.CCOC(=O)CC(=O)c1cccs1.CCOC(=O)CCC(=O)c1ccccc1.O=C(C(=O)c1ccccc1)c1ccccc1.O=C(CC(=O)c1ccccc1)c1ccccc1.O=C1CCCc2ccccc21.O=C1CCc2ccccc21. The van der Waals surface area contributed by atoms with Crippen LogP contribution < -0.4 is 21.3 Å². The number of esters is 2. The highest BCUT2D eigenvalue weighted by Gasteiger charge is 2.24. The minimum absolute atomic E-state index is 0.00617. The topological polar surface area (TPSA) is 392 Å². The largest absolute Gasteiger partial charge is 0.466 e. The number of ketones is 12. The summed E-state index contributed by atoms with van der Waals surface area (Å²) in [7, 11) is 0. The Morgan fingerprint density at radius 2 is 0.625 bits per heavy atom. The highest BCUT2D eigenvalue weighted by atomic mass is 32.1. The number of fused-ring (bicyclic) bond motifs is 2. The van der Waals surface area contributed by atoms with E-state index < -0.39 is 52.6 Å². The maximum absolute atomic E-state index is 11.8. The van der Waals surface area contributed by atoms with E-state index in [1.54, 1.807) is 292 Å². The lowest BCUT2D eigenvalue weighted by Crippen LogP contribution is -2.35. The summed E-state index contributed by atoms with van der Waals surface area (Å²) >= 11 is 1.33. The van der Waals surface area contributed by atoms with Gasteiger partial charge in [0, 0.05) is 107 Å². The molecule has 1 aromatic heterocycles. The number of carbonyl (C=O) groups is 18. The molecule has 2 aliphatic carbocycles. The number of nitrogens with one attached hydrogen (secondary N) is 4. The van der Waals surface area contributed by atoms with Crippen LogP contribution in [0.5, 0.6) is 0 Å². The predicted molar refractivity (Wildman–Crippen MR) is 555 cm³/mol. The molecule has 144 heavy (non-hydrogen) atoms. The van der Waals surface area contributed by atoms with Crippen molar-refractivity contribution in [1.82, 2.24) is 21.3 Å². The van der Waals surface area contributed by atoms with Gasteiger partial charge in [0.15, 0.2) is 52.0 Å². The molecule has 0 aliphatic heterocycles. The summed E-state index contributed by atoms with van der Waals surface area (Å²) in [6, 6.07) is 98.2. The predicted octanol–water partition coefficient (Wildman–Crippen LogP) is 21.6. The van der Waals surface area contributed by atoms with Gasteiger partial charge >= 0.3 is 24.1 Å². The molecule has 4 amide bonds. The van der Waals surface area contributed by atoms with Gasteiger partial charge in [-0.15, -0.1) is 11.3 Å². The molecule has 0 saturated heterocycles. The molecule has 0 spiro atoms. The number of thiophene rings is 1.